The van der Waals surface area contributed by atoms with Crippen molar-refractivity contribution in [2.45, 2.75) is 38.8 Å². The summed E-state index contributed by atoms with van der Waals surface area (Å²) in [6.45, 7) is 4.27. The van der Waals surface area contributed by atoms with Gasteiger partial charge in [-0.2, -0.15) is 0 Å². The molecular weight excluding hydrogens is 410 g/mol. The van der Waals surface area contributed by atoms with Crippen LogP contribution in [-0.4, -0.2) is 48.6 Å². The third-order valence-electron chi connectivity index (χ3n) is 5.90. The Hall–Kier alpha value is -3.48. The number of rotatable bonds is 6. The molecule has 0 aliphatic carbocycles. The molecular formula is C25H27NO6. The van der Waals surface area contributed by atoms with Gasteiger partial charge in [0.05, 0.1) is 25.8 Å². The Labute approximate surface area is 187 Å². The van der Waals surface area contributed by atoms with Gasteiger partial charge in [0.25, 0.3) is 11.7 Å². The van der Waals surface area contributed by atoms with Gasteiger partial charge >= 0.3 is 0 Å². The summed E-state index contributed by atoms with van der Waals surface area (Å²) < 4.78 is 16.8. The van der Waals surface area contributed by atoms with Crippen molar-refractivity contribution in [3.63, 3.8) is 0 Å². The number of para-hydroxylation sites is 1. The van der Waals surface area contributed by atoms with Crippen molar-refractivity contribution in [1.29, 1.82) is 0 Å². The summed E-state index contributed by atoms with van der Waals surface area (Å²) in [5, 5.41) is 11.3. The Balaban J connectivity index is 1.91. The van der Waals surface area contributed by atoms with E-state index in [0.717, 1.165) is 11.3 Å². The Morgan fingerprint density at radius 1 is 1.19 bits per heavy atom. The molecule has 1 N–H and O–H groups in total. The van der Waals surface area contributed by atoms with Gasteiger partial charge in [-0.05, 0) is 43.2 Å². The van der Waals surface area contributed by atoms with Crippen LogP contribution in [0.2, 0.25) is 0 Å². The zero-order valence-corrected chi connectivity index (χ0v) is 18.7. The average Bonchev–Trinajstić information content (AvgIpc) is 3.29. The summed E-state index contributed by atoms with van der Waals surface area (Å²) in [5.74, 6) is 0.115. The second-order valence-corrected chi connectivity index (χ2v) is 8.03. The number of nitrogens with zero attached hydrogens (tertiary/aromatic N) is 1. The monoisotopic (exact) mass is 437 g/mol. The van der Waals surface area contributed by atoms with Gasteiger partial charge in [-0.1, -0.05) is 19.1 Å². The summed E-state index contributed by atoms with van der Waals surface area (Å²) in [6, 6.07) is 9.83. The first-order chi connectivity index (χ1) is 15.4. The minimum absolute atomic E-state index is 0.0434. The van der Waals surface area contributed by atoms with Crippen molar-refractivity contribution < 1.29 is 28.9 Å². The number of aliphatic hydroxyl groups excluding tert-OH is 1. The fourth-order valence-electron chi connectivity index (χ4n) is 4.53. The number of fused-ring (bicyclic) bond motifs is 1. The highest BCUT2D eigenvalue weighted by molar-refractivity contribution is 6.46. The van der Waals surface area contributed by atoms with Crippen LogP contribution in [0, 0.1) is 0 Å². The van der Waals surface area contributed by atoms with Crippen molar-refractivity contribution in [1.82, 2.24) is 4.90 Å². The topological polar surface area (TPSA) is 85.3 Å². The lowest BCUT2D eigenvalue weighted by molar-refractivity contribution is -0.139. The number of aliphatic hydroxyl groups is 1. The van der Waals surface area contributed by atoms with Gasteiger partial charge < -0.3 is 24.2 Å². The molecule has 2 aliphatic heterocycles. The Kier molecular flexibility index (Phi) is 5.82. The van der Waals surface area contributed by atoms with E-state index in [4.69, 9.17) is 14.2 Å². The number of hydrogen-bond acceptors (Lipinski definition) is 6. The average molecular weight is 437 g/mol. The van der Waals surface area contributed by atoms with Crippen molar-refractivity contribution in [2.24, 2.45) is 0 Å². The Morgan fingerprint density at radius 3 is 2.66 bits per heavy atom. The fraction of sp³-hybridized carbons (Fsp3) is 0.360. The molecule has 0 spiro atoms. The lowest BCUT2D eigenvalue weighted by atomic mass is 9.93. The number of likely N-dealkylation sites (tertiary alicyclic amines) is 1. The van der Waals surface area contributed by atoms with Crippen molar-refractivity contribution in [3.05, 3.63) is 58.7 Å². The molecule has 2 atom stereocenters. The molecule has 1 amide bonds. The molecule has 4 rings (SSSR count). The van der Waals surface area contributed by atoms with Gasteiger partial charge in [0.15, 0.2) is 11.5 Å². The maximum Gasteiger partial charge on any atom is 0.295 e. The number of ether oxygens (including phenoxy) is 3. The summed E-state index contributed by atoms with van der Waals surface area (Å²) in [7, 11) is 3.03. The van der Waals surface area contributed by atoms with E-state index in [1.54, 1.807) is 30.3 Å². The molecule has 0 bridgehead atoms. The molecule has 0 saturated carbocycles. The Morgan fingerprint density at radius 2 is 1.97 bits per heavy atom. The first kappa shape index (κ1) is 21.7. The standard InChI is InChI=1S/C25H27NO6/c1-5-11-26-21(17-7-6-8-19(30-3)24(17)31-4)20(23(28)25(26)29)22(27)15-9-10-18-16(13-15)12-14(2)32-18/h6-10,13-14,21,27H,5,11-12H2,1-4H3/b22-20+. The molecule has 1 fully saturated rings. The summed E-state index contributed by atoms with van der Waals surface area (Å²) in [5.41, 5.74) is 2.06. The molecule has 2 heterocycles. The molecule has 1 saturated heterocycles. The minimum atomic E-state index is -0.788. The van der Waals surface area contributed by atoms with Crippen LogP contribution >= 0.6 is 0 Å². The molecule has 7 heteroatoms. The van der Waals surface area contributed by atoms with Gasteiger partial charge in [-0.3, -0.25) is 9.59 Å². The highest BCUT2D eigenvalue weighted by atomic mass is 16.5. The lowest BCUT2D eigenvalue weighted by Crippen LogP contribution is -2.30. The molecule has 0 aromatic heterocycles. The maximum absolute atomic E-state index is 13.1. The van der Waals surface area contributed by atoms with Crippen LogP contribution in [0.25, 0.3) is 5.76 Å². The zero-order valence-electron chi connectivity index (χ0n) is 18.7. The van der Waals surface area contributed by atoms with Crippen LogP contribution in [-0.2, 0) is 16.0 Å². The van der Waals surface area contributed by atoms with E-state index in [2.05, 4.69) is 0 Å². The molecule has 2 aromatic carbocycles. The van der Waals surface area contributed by atoms with Crippen LogP contribution in [0.5, 0.6) is 17.2 Å². The molecule has 2 unspecified atom stereocenters. The SMILES string of the molecule is CCCN1C(=O)C(=O)/C(=C(/O)c2ccc3c(c2)CC(C)O3)C1c1cccc(OC)c1OC. The van der Waals surface area contributed by atoms with E-state index in [1.807, 2.05) is 19.9 Å². The van der Waals surface area contributed by atoms with Gasteiger partial charge in [-0.15, -0.1) is 0 Å². The molecule has 7 nitrogen and oxygen atoms in total. The number of carbonyl (C=O) groups excluding carboxylic acids is 2. The number of benzene rings is 2. The molecule has 2 aromatic rings. The Bertz CT molecular complexity index is 1110. The van der Waals surface area contributed by atoms with Crippen molar-refractivity contribution in [2.75, 3.05) is 20.8 Å². The van der Waals surface area contributed by atoms with Crippen LogP contribution in [0.15, 0.2) is 42.0 Å². The second kappa shape index (κ2) is 8.57. The van der Waals surface area contributed by atoms with Gasteiger partial charge in [0.2, 0.25) is 0 Å². The van der Waals surface area contributed by atoms with E-state index in [0.29, 0.717) is 42.0 Å². The molecule has 0 radical (unpaired) electrons. The molecule has 168 valence electrons. The number of Topliss-reactive ketones (excluding diaryl/α,β-unsaturated/α-hetero) is 1. The highest BCUT2D eigenvalue weighted by Gasteiger charge is 2.47. The summed E-state index contributed by atoms with van der Waals surface area (Å²) in [4.78, 5) is 27.6. The van der Waals surface area contributed by atoms with Crippen LogP contribution in [0.1, 0.15) is 43.0 Å². The van der Waals surface area contributed by atoms with Gasteiger partial charge in [-0.25, -0.2) is 0 Å². The van der Waals surface area contributed by atoms with Crippen LogP contribution < -0.4 is 14.2 Å². The predicted molar refractivity (Wildman–Crippen MR) is 119 cm³/mol. The fourth-order valence-corrected chi connectivity index (χ4v) is 4.53. The molecule has 2 aliphatic rings. The first-order valence-corrected chi connectivity index (χ1v) is 10.7. The number of methoxy groups -OCH3 is 2. The van der Waals surface area contributed by atoms with E-state index < -0.39 is 17.7 Å². The minimum Gasteiger partial charge on any atom is -0.507 e. The third-order valence-corrected chi connectivity index (χ3v) is 5.90. The van der Waals surface area contributed by atoms with E-state index in [1.165, 1.54) is 19.1 Å². The third kappa shape index (κ3) is 3.47. The van der Waals surface area contributed by atoms with E-state index in [9.17, 15) is 14.7 Å². The van der Waals surface area contributed by atoms with Gasteiger partial charge in [0.1, 0.15) is 17.6 Å². The van der Waals surface area contributed by atoms with Crippen molar-refractivity contribution in [3.8, 4) is 17.2 Å². The second-order valence-electron chi connectivity index (χ2n) is 8.03. The van der Waals surface area contributed by atoms with Crippen molar-refractivity contribution >= 4 is 17.4 Å². The zero-order chi connectivity index (χ0) is 23.0. The number of hydrogen-bond donors (Lipinski definition) is 1. The van der Waals surface area contributed by atoms with Crippen LogP contribution in [0.4, 0.5) is 0 Å². The largest absolute Gasteiger partial charge is 0.507 e. The number of ketones is 1. The smallest absolute Gasteiger partial charge is 0.295 e. The highest BCUT2D eigenvalue weighted by Crippen LogP contribution is 2.45. The number of amides is 1. The quantitative estimate of drug-likeness (QED) is 0.420. The first-order valence-electron chi connectivity index (χ1n) is 10.7. The summed E-state index contributed by atoms with van der Waals surface area (Å²) >= 11 is 0. The summed E-state index contributed by atoms with van der Waals surface area (Å²) in [6.07, 6.45) is 1.43. The van der Waals surface area contributed by atoms with Crippen LogP contribution in [0.3, 0.4) is 0 Å². The van der Waals surface area contributed by atoms with Gasteiger partial charge in [0, 0.05) is 24.1 Å². The predicted octanol–water partition coefficient (Wildman–Crippen LogP) is 3.86. The number of carbonyl (C=O) groups is 2. The van der Waals surface area contributed by atoms with E-state index in [-0.39, 0.29) is 17.4 Å². The normalized spacial score (nSPS) is 21.4. The van der Waals surface area contributed by atoms with E-state index >= 15 is 0 Å². The molecule has 32 heavy (non-hydrogen) atoms. The lowest BCUT2D eigenvalue weighted by Gasteiger charge is -2.26. The maximum atomic E-state index is 13.1.